The summed E-state index contributed by atoms with van der Waals surface area (Å²) < 4.78 is 36.9. The smallest absolute Gasteiger partial charge is 0.294 e. The zero-order valence-corrected chi connectivity index (χ0v) is 11.4. The van der Waals surface area contributed by atoms with E-state index < -0.39 is 10.1 Å². The van der Waals surface area contributed by atoms with Gasteiger partial charge in [-0.1, -0.05) is 30.3 Å². The molecule has 0 spiro atoms. The summed E-state index contributed by atoms with van der Waals surface area (Å²) in [5.41, 5.74) is 1.16. The Morgan fingerprint density at radius 1 is 1.15 bits per heavy atom. The summed E-state index contributed by atoms with van der Waals surface area (Å²) >= 11 is 0. The highest BCUT2D eigenvalue weighted by atomic mass is 32.2. The predicted molar refractivity (Wildman–Crippen MR) is 73.6 cm³/mol. The minimum atomic E-state index is -4.41. The Hall–Kier alpha value is -2.18. The summed E-state index contributed by atoms with van der Waals surface area (Å²) in [5, 5.41) is 0. The minimum absolute atomic E-state index is 0.0569. The highest BCUT2D eigenvalue weighted by Gasteiger charge is 2.18. The van der Waals surface area contributed by atoms with E-state index in [4.69, 9.17) is 9.29 Å². The van der Waals surface area contributed by atoms with Gasteiger partial charge in [0, 0.05) is 5.56 Å². The number of methoxy groups -OCH3 is 1. The number of aldehydes is 1. The van der Waals surface area contributed by atoms with Crippen LogP contribution in [-0.2, 0) is 10.1 Å². The van der Waals surface area contributed by atoms with E-state index in [1.54, 1.807) is 24.3 Å². The topological polar surface area (TPSA) is 80.7 Å². The van der Waals surface area contributed by atoms with E-state index in [1.165, 1.54) is 13.2 Å². The van der Waals surface area contributed by atoms with Crippen LogP contribution >= 0.6 is 0 Å². The average molecular weight is 292 g/mol. The van der Waals surface area contributed by atoms with Crippen molar-refractivity contribution in [3.8, 4) is 16.9 Å². The first-order valence-corrected chi connectivity index (χ1v) is 7.11. The number of hydrogen-bond donors (Lipinski definition) is 1. The van der Waals surface area contributed by atoms with Gasteiger partial charge in [0.1, 0.15) is 5.75 Å². The van der Waals surface area contributed by atoms with E-state index in [1.807, 2.05) is 6.07 Å². The highest BCUT2D eigenvalue weighted by molar-refractivity contribution is 7.85. The van der Waals surface area contributed by atoms with Crippen molar-refractivity contribution in [2.24, 2.45) is 0 Å². The lowest BCUT2D eigenvalue weighted by Gasteiger charge is -2.12. The van der Waals surface area contributed by atoms with Crippen LogP contribution in [0.15, 0.2) is 47.4 Å². The maximum absolute atomic E-state index is 11.3. The normalized spacial score (nSPS) is 11.1. The average Bonchev–Trinajstić information content (AvgIpc) is 2.45. The van der Waals surface area contributed by atoms with Gasteiger partial charge in [0.25, 0.3) is 10.1 Å². The third kappa shape index (κ3) is 2.71. The summed E-state index contributed by atoms with van der Waals surface area (Å²) in [6, 6.07) is 11.2. The van der Waals surface area contributed by atoms with E-state index in [2.05, 4.69) is 0 Å². The SMILES string of the molecule is COc1c(C=O)cc(S(=O)(=O)O)cc1-c1ccccc1. The zero-order valence-electron chi connectivity index (χ0n) is 10.6. The van der Waals surface area contributed by atoms with Gasteiger partial charge >= 0.3 is 0 Å². The fourth-order valence-corrected chi connectivity index (χ4v) is 2.46. The van der Waals surface area contributed by atoms with Gasteiger partial charge in [0.15, 0.2) is 6.29 Å². The molecular formula is C14H12O5S. The molecule has 0 fully saturated rings. The molecule has 5 nitrogen and oxygen atoms in total. The number of ether oxygens (including phenoxy) is 1. The van der Waals surface area contributed by atoms with Crippen LogP contribution in [0, 0.1) is 0 Å². The third-order valence-electron chi connectivity index (χ3n) is 2.80. The van der Waals surface area contributed by atoms with Crippen molar-refractivity contribution in [2.75, 3.05) is 7.11 Å². The molecule has 20 heavy (non-hydrogen) atoms. The van der Waals surface area contributed by atoms with Crippen LogP contribution < -0.4 is 4.74 Å². The highest BCUT2D eigenvalue weighted by Crippen LogP contribution is 2.34. The van der Waals surface area contributed by atoms with Crippen molar-refractivity contribution < 1.29 is 22.5 Å². The van der Waals surface area contributed by atoms with Crippen LogP contribution in [0.25, 0.3) is 11.1 Å². The van der Waals surface area contributed by atoms with Crippen LogP contribution in [-0.4, -0.2) is 26.4 Å². The maximum Gasteiger partial charge on any atom is 0.294 e. The first-order valence-electron chi connectivity index (χ1n) is 5.67. The molecule has 0 aromatic heterocycles. The standard InChI is InChI=1S/C14H12O5S/c1-19-14-11(9-15)7-12(20(16,17)18)8-13(14)10-5-3-2-4-6-10/h2-9H,1H3,(H,16,17,18). The van der Waals surface area contributed by atoms with Crippen LogP contribution in [0.1, 0.15) is 10.4 Å². The predicted octanol–water partition coefficient (Wildman–Crippen LogP) is 2.42. The van der Waals surface area contributed by atoms with Crippen molar-refractivity contribution >= 4 is 16.4 Å². The zero-order chi connectivity index (χ0) is 14.8. The lowest BCUT2D eigenvalue weighted by Crippen LogP contribution is -2.02. The molecule has 0 aliphatic carbocycles. The molecule has 0 aliphatic rings. The molecule has 6 heteroatoms. The Morgan fingerprint density at radius 2 is 1.80 bits per heavy atom. The number of carbonyl (C=O) groups is 1. The van der Waals surface area contributed by atoms with E-state index in [0.29, 0.717) is 17.4 Å². The van der Waals surface area contributed by atoms with Crippen LogP contribution in [0.2, 0.25) is 0 Å². The van der Waals surface area contributed by atoms with Gasteiger partial charge in [-0.05, 0) is 17.7 Å². The molecule has 0 atom stereocenters. The Balaban J connectivity index is 2.80. The first-order chi connectivity index (χ1) is 9.47. The Labute approximate surface area is 116 Å². The fourth-order valence-electron chi connectivity index (χ4n) is 1.92. The molecule has 2 aromatic rings. The van der Waals surface area contributed by atoms with Gasteiger partial charge in [-0.25, -0.2) is 0 Å². The molecule has 2 aromatic carbocycles. The van der Waals surface area contributed by atoms with Crippen LogP contribution in [0.3, 0.4) is 0 Å². The second kappa shape index (κ2) is 5.44. The van der Waals surface area contributed by atoms with Crippen molar-refractivity contribution in [3.05, 3.63) is 48.0 Å². The van der Waals surface area contributed by atoms with Crippen molar-refractivity contribution in [3.63, 3.8) is 0 Å². The van der Waals surface area contributed by atoms with Gasteiger partial charge < -0.3 is 4.74 Å². The second-order valence-electron chi connectivity index (χ2n) is 4.05. The number of rotatable bonds is 4. The van der Waals surface area contributed by atoms with Crippen LogP contribution in [0.5, 0.6) is 5.75 Å². The van der Waals surface area contributed by atoms with E-state index >= 15 is 0 Å². The van der Waals surface area contributed by atoms with Crippen molar-refractivity contribution in [1.82, 2.24) is 0 Å². The van der Waals surface area contributed by atoms with E-state index in [-0.39, 0.29) is 16.2 Å². The molecule has 0 saturated heterocycles. The van der Waals surface area contributed by atoms with Crippen molar-refractivity contribution in [2.45, 2.75) is 4.90 Å². The lowest BCUT2D eigenvalue weighted by atomic mass is 10.0. The molecular weight excluding hydrogens is 280 g/mol. The van der Waals surface area contributed by atoms with Gasteiger partial charge in [0.05, 0.1) is 17.6 Å². The Morgan fingerprint density at radius 3 is 2.30 bits per heavy atom. The number of carbonyl (C=O) groups excluding carboxylic acids is 1. The summed E-state index contributed by atoms with van der Waals surface area (Å²) in [6.07, 6.45) is 0.486. The Bertz CT molecular complexity index is 736. The number of benzene rings is 2. The van der Waals surface area contributed by atoms with E-state index in [0.717, 1.165) is 6.07 Å². The van der Waals surface area contributed by atoms with Crippen LogP contribution in [0.4, 0.5) is 0 Å². The van der Waals surface area contributed by atoms with Gasteiger partial charge in [-0.15, -0.1) is 0 Å². The molecule has 0 heterocycles. The summed E-state index contributed by atoms with van der Waals surface area (Å²) in [5.74, 6) is 0.263. The second-order valence-corrected chi connectivity index (χ2v) is 5.47. The molecule has 0 aliphatic heterocycles. The molecule has 0 bridgehead atoms. The third-order valence-corrected chi connectivity index (χ3v) is 3.64. The first kappa shape index (κ1) is 14.2. The fraction of sp³-hybridized carbons (Fsp3) is 0.0714. The summed E-state index contributed by atoms with van der Waals surface area (Å²) in [6.45, 7) is 0. The molecule has 0 unspecified atom stereocenters. The van der Waals surface area contributed by atoms with Gasteiger partial charge in [-0.2, -0.15) is 8.42 Å². The molecule has 0 amide bonds. The molecule has 0 saturated carbocycles. The largest absolute Gasteiger partial charge is 0.495 e. The van der Waals surface area contributed by atoms with Gasteiger partial charge in [-0.3, -0.25) is 9.35 Å². The van der Waals surface area contributed by atoms with Gasteiger partial charge in [0.2, 0.25) is 0 Å². The molecule has 2 rings (SSSR count). The van der Waals surface area contributed by atoms with E-state index in [9.17, 15) is 13.2 Å². The molecule has 0 radical (unpaired) electrons. The Kier molecular flexibility index (Phi) is 3.87. The number of hydrogen-bond acceptors (Lipinski definition) is 4. The monoisotopic (exact) mass is 292 g/mol. The molecule has 1 N–H and O–H groups in total. The molecule has 104 valence electrons. The lowest BCUT2D eigenvalue weighted by molar-refractivity contribution is 0.112. The minimum Gasteiger partial charge on any atom is -0.495 e. The maximum atomic E-state index is 11.3. The van der Waals surface area contributed by atoms with Crippen molar-refractivity contribution in [1.29, 1.82) is 0 Å². The quantitative estimate of drug-likeness (QED) is 0.691. The summed E-state index contributed by atoms with van der Waals surface area (Å²) in [7, 11) is -3.01. The summed E-state index contributed by atoms with van der Waals surface area (Å²) in [4.78, 5) is 10.7.